The van der Waals surface area contributed by atoms with Crippen molar-refractivity contribution in [3.05, 3.63) is 46.5 Å². The molecule has 0 spiro atoms. The van der Waals surface area contributed by atoms with Gasteiger partial charge in [-0.15, -0.1) is 5.10 Å². The molecule has 4 nitrogen and oxygen atoms in total. The predicted octanol–water partition coefficient (Wildman–Crippen LogP) is 2.23. The van der Waals surface area contributed by atoms with Crippen molar-refractivity contribution >= 4 is 11.6 Å². The van der Waals surface area contributed by atoms with Crippen molar-refractivity contribution in [2.75, 3.05) is 6.54 Å². The van der Waals surface area contributed by atoms with Gasteiger partial charge in [-0.05, 0) is 24.2 Å². The van der Waals surface area contributed by atoms with Crippen LogP contribution < -0.4 is 5.32 Å². The fourth-order valence-electron chi connectivity index (χ4n) is 1.57. The molecule has 0 aliphatic carbocycles. The predicted molar refractivity (Wildman–Crippen MR) is 67.9 cm³/mol. The van der Waals surface area contributed by atoms with Gasteiger partial charge in [-0.2, -0.15) is 0 Å². The fourth-order valence-corrected chi connectivity index (χ4v) is 1.69. The van der Waals surface area contributed by atoms with E-state index in [0.717, 1.165) is 17.8 Å². The maximum absolute atomic E-state index is 13.3. The Morgan fingerprint density at radius 1 is 1.44 bits per heavy atom. The molecular weight excluding hydrogens is 255 g/mol. The SMILES string of the molecule is CCNCc1cn(Cc2ccc(Cl)c(F)c2)nn1. The van der Waals surface area contributed by atoms with Crippen LogP contribution in [0.1, 0.15) is 18.2 Å². The Morgan fingerprint density at radius 3 is 3.00 bits per heavy atom. The highest BCUT2D eigenvalue weighted by molar-refractivity contribution is 6.30. The van der Waals surface area contributed by atoms with Gasteiger partial charge in [-0.3, -0.25) is 0 Å². The Balaban J connectivity index is 2.04. The highest BCUT2D eigenvalue weighted by atomic mass is 35.5. The van der Waals surface area contributed by atoms with E-state index in [2.05, 4.69) is 15.6 Å². The first-order chi connectivity index (χ1) is 8.69. The molecule has 0 saturated carbocycles. The normalized spacial score (nSPS) is 10.8. The molecule has 2 aromatic rings. The topological polar surface area (TPSA) is 42.7 Å². The summed E-state index contributed by atoms with van der Waals surface area (Å²) in [7, 11) is 0. The van der Waals surface area contributed by atoms with Crippen LogP contribution in [0.2, 0.25) is 5.02 Å². The van der Waals surface area contributed by atoms with Crippen LogP contribution in [0, 0.1) is 5.82 Å². The summed E-state index contributed by atoms with van der Waals surface area (Å²) in [5.41, 5.74) is 1.67. The Morgan fingerprint density at radius 2 is 2.28 bits per heavy atom. The average Bonchev–Trinajstić information content (AvgIpc) is 2.79. The second-order valence-corrected chi connectivity index (χ2v) is 4.34. The van der Waals surface area contributed by atoms with Crippen LogP contribution in [0.3, 0.4) is 0 Å². The smallest absolute Gasteiger partial charge is 0.142 e. The molecular formula is C12H14ClFN4. The van der Waals surface area contributed by atoms with Crippen LogP contribution in [-0.4, -0.2) is 21.5 Å². The minimum atomic E-state index is -0.415. The van der Waals surface area contributed by atoms with Gasteiger partial charge < -0.3 is 5.32 Å². The lowest BCUT2D eigenvalue weighted by molar-refractivity contribution is 0.614. The lowest BCUT2D eigenvalue weighted by atomic mass is 10.2. The molecule has 1 aromatic carbocycles. The van der Waals surface area contributed by atoms with Crippen LogP contribution in [-0.2, 0) is 13.1 Å². The van der Waals surface area contributed by atoms with Crippen molar-refractivity contribution in [3.63, 3.8) is 0 Å². The van der Waals surface area contributed by atoms with Crippen LogP contribution in [0.4, 0.5) is 4.39 Å². The zero-order valence-corrected chi connectivity index (χ0v) is 10.8. The van der Waals surface area contributed by atoms with E-state index < -0.39 is 5.82 Å². The molecule has 1 aromatic heterocycles. The van der Waals surface area contributed by atoms with Crippen LogP contribution in [0.15, 0.2) is 24.4 Å². The largest absolute Gasteiger partial charge is 0.311 e. The highest BCUT2D eigenvalue weighted by Gasteiger charge is 2.04. The molecule has 0 fully saturated rings. The maximum Gasteiger partial charge on any atom is 0.142 e. The monoisotopic (exact) mass is 268 g/mol. The molecule has 1 heterocycles. The van der Waals surface area contributed by atoms with Crippen molar-refractivity contribution in [2.24, 2.45) is 0 Å². The number of rotatable bonds is 5. The van der Waals surface area contributed by atoms with Crippen molar-refractivity contribution in [2.45, 2.75) is 20.0 Å². The highest BCUT2D eigenvalue weighted by Crippen LogP contribution is 2.16. The van der Waals surface area contributed by atoms with Gasteiger partial charge in [0.25, 0.3) is 0 Å². The minimum absolute atomic E-state index is 0.130. The molecule has 6 heteroatoms. The van der Waals surface area contributed by atoms with Crippen LogP contribution in [0.25, 0.3) is 0 Å². The molecule has 1 N–H and O–H groups in total. The van der Waals surface area contributed by atoms with E-state index in [4.69, 9.17) is 11.6 Å². The lowest BCUT2D eigenvalue weighted by Crippen LogP contribution is -2.11. The Hall–Kier alpha value is -1.46. The fraction of sp³-hybridized carbons (Fsp3) is 0.333. The van der Waals surface area contributed by atoms with E-state index in [1.165, 1.54) is 6.07 Å². The summed E-state index contributed by atoms with van der Waals surface area (Å²) >= 11 is 5.63. The minimum Gasteiger partial charge on any atom is -0.311 e. The van der Waals surface area contributed by atoms with Gasteiger partial charge in [0, 0.05) is 6.54 Å². The summed E-state index contributed by atoms with van der Waals surface area (Å²) in [6.07, 6.45) is 1.84. The maximum atomic E-state index is 13.3. The first-order valence-electron chi connectivity index (χ1n) is 5.72. The summed E-state index contributed by atoms with van der Waals surface area (Å²) in [6, 6.07) is 4.73. The molecule has 0 aliphatic rings. The quantitative estimate of drug-likeness (QED) is 0.904. The number of hydrogen-bond acceptors (Lipinski definition) is 3. The van der Waals surface area contributed by atoms with Crippen LogP contribution in [0.5, 0.6) is 0 Å². The Kier molecular flexibility index (Phi) is 4.28. The first kappa shape index (κ1) is 13.0. The van der Waals surface area contributed by atoms with E-state index in [1.54, 1.807) is 16.8 Å². The molecule has 18 heavy (non-hydrogen) atoms. The van der Waals surface area contributed by atoms with Gasteiger partial charge >= 0.3 is 0 Å². The molecule has 0 atom stereocenters. The number of hydrogen-bond donors (Lipinski definition) is 1. The molecule has 0 bridgehead atoms. The van der Waals surface area contributed by atoms with Gasteiger partial charge in [0.2, 0.25) is 0 Å². The van der Waals surface area contributed by atoms with Gasteiger partial charge in [0.05, 0.1) is 23.5 Å². The molecule has 2 rings (SSSR count). The Bertz CT molecular complexity index is 527. The molecule has 0 radical (unpaired) electrons. The Labute approximate surface area is 110 Å². The van der Waals surface area contributed by atoms with E-state index in [1.807, 2.05) is 13.1 Å². The third kappa shape index (κ3) is 3.27. The number of benzene rings is 1. The van der Waals surface area contributed by atoms with E-state index in [0.29, 0.717) is 13.1 Å². The summed E-state index contributed by atoms with van der Waals surface area (Å²) < 4.78 is 14.9. The van der Waals surface area contributed by atoms with Crippen molar-refractivity contribution in [3.8, 4) is 0 Å². The lowest BCUT2D eigenvalue weighted by Gasteiger charge is -2.02. The van der Waals surface area contributed by atoms with Crippen LogP contribution >= 0.6 is 11.6 Å². The molecule has 0 aliphatic heterocycles. The van der Waals surface area contributed by atoms with Gasteiger partial charge in [0.15, 0.2) is 0 Å². The van der Waals surface area contributed by atoms with Gasteiger partial charge in [0.1, 0.15) is 5.82 Å². The second kappa shape index (κ2) is 5.93. The second-order valence-electron chi connectivity index (χ2n) is 3.94. The summed E-state index contributed by atoms with van der Waals surface area (Å²) in [4.78, 5) is 0. The standard InChI is InChI=1S/C12H14ClFN4/c1-2-15-6-10-8-18(17-16-10)7-9-3-4-11(13)12(14)5-9/h3-5,8,15H,2,6-7H2,1H3. The molecule has 0 unspecified atom stereocenters. The zero-order chi connectivity index (χ0) is 13.0. The summed E-state index contributed by atoms with van der Waals surface area (Å²) in [5, 5.41) is 11.3. The van der Waals surface area contributed by atoms with Gasteiger partial charge in [-0.25, -0.2) is 9.07 Å². The first-order valence-corrected chi connectivity index (χ1v) is 6.10. The zero-order valence-electron chi connectivity index (χ0n) is 10.0. The van der Waals surface area contributed by atoms with Gasteiger partial charge in [-0.1, -0.05) is 29.8 Å². The van der Waals surface area contributed by atoms with E-state index in [-0.39, 0.29) is 5.02 Å². The average molecular weight is 269 g/mol. The third-order valence-corrected chi connectivity index (χ3v) is 2.78. The summed E-state index contributed by atoms with van der Waals surface area (Å²) in [6.45, 7) is 4.08. The van der Waals surface area contributed by atoms with Crippen molar-refractivity contribution < 1.29 is 4.39 Å². The molecule has 96 valence electrons. The number of nitrogens with one attached hydrogen (secondary N) is 1. The van der Waals surface area contributed by atoms with E-state index >= 15 is 0 Å². The number of nitrogens with zero attached hydrogens (tertiary/aromatic N) is 3. The van der Waals surface area contributed by atoms with E-state index in [9.17, 15) is 4.39 Å². The van der Waals surface area contributed by atoms with Crippen molar-refractivity contribution in [1.29, 1.82) is 0 Å². The van der Waals surface area contributed by atoms with Crippen molar-refractivity contribution in [1.82, 2.24) is 20.3 Å². The number of halogens is 2. The number of aromatic nitrogens is 3. The third-order valence-electron chi connectivity index (χ3n) is 2.47. The molecule has 0 saturated heterocycles. The summed E-state index contributed by atoms with van der Waals surface area (Å²) in [5.74, 6) is -0.415. The molecule has 0 amide bonds.